The summed E-state index contributed by atoms with van der Waals surface area (Å²) >= 11 is 0. The van der Waals surface area contributed by atoms with Crippen LogP contribution in [0.3, 0.4) is 0 Å². The number of rotatable bonds is 5. The SMILES string of the molecule is CC1(C)C2=C(CCC(c3ccc(C4C=C(c5ccc(-c6ccccc6)cc5)NC(c5ccccc5)=N4)cc3)=C2)c2cc3c(cc21)C1(CCCCC1)C1CCCC=C31. The van der Waals surface area contributed by atoms with E-state index in [1.54, 1.807) is 39.0 Å². The van der Waals surface area contributed by atoms with E-state index in [2.05, 4.69) is 159 Å². The minimum atomic E-state index is -0.0921. The Hall–Kier alpha value is -5.47. The molecule has 1 spiro atoms. The van der Waals surface area contributed by atoms with Gasteiger partial charge in [0.05, 0.1) is 6.04 Å². The average molecular weight is 741 g/mol. The van der Waals surface area contributed by atoms with Crippen molar-refractivity contribution in [2.24, 2.45) is 10.9 Å². The van der Waals surface area contributed by atoms with E-state index in [0.29, 0.717) is 5.41 Å². The molecule has 0 bridgehead atoms. The summed E-state index contributed by atoms with van der Waals surface area (Å²) in [6, 6.07) is 44.6. The molecule has 0 radical (unpaired) electrons. The molecule has 1 heterocycles. The van der Waals surface area contributed by atoms with Crippen molar-refractivity contribution in [1.82, 2.24) is 5.32 Å². The van der Waals surface area contributed by atoms with E-state index in [4.69, 9.17) is 4.99 Å². The number of nitrogens with zero attached hydrogens (tertiary/aromatic N) is 1. The first-order valence-electron chi connectivity index (χ1n) is 21.7. The van der Waals surface area contributed by atoms with Crippen molar-refractivity contribution in [1.29, 1.82) is 0 Å². The number of aliphatic imine (C=N–C) groups is 1. The highest BCUT2D eigenvalue weighted by Gasteiger charge is 2.51. The fourth-order valence-electron chi connectivity index (χ4n) is 11.7. The Labute approximate surface area is 338 Å². The molecule has 2 heteroatoms. The summed E-state index contributed by atoms with van der Waals surface area (Å²) in [6.07, 6.45) is 20.6. The third-order valence-electron chi connectivity index (χ3n) is 14.6. The predicted molar refractivity (Wildman–Crippen MR) is 239 cm³/mol. The van der Waals surface area contributed by atoms with Gasteiger partial charge < -0.3 is 5.32 Å². The van der Waals surface area contributed by atoms with Gasteiger partial charge in [-0.1, -0.05) is 161 Å². The van der Waals surface area contributed by atoms with E-state index in [-0.39, 0.29) is 11.5 Å². The Morgan fingerprint density at radius 3 is 2.07 bits per heavy atom. The van der Waals surface area contributed by atoms with Crippen LogP contribution in [0.5, 0.6) is 0 Å². The smallest absolute Gasteiger partial charge is 0.133 e. The molecule has 57 heavy (non-hydrogen) atoms. The first-order valence-corrected chi connectivity index (χ1v) is 21.7. The Balaban J connectivity index is 0.909. The van der Waals surface area contributed by atoms with Gasteiger partial charge in [-0.25, -0.2) is 0 Å². The first-order chi connectivity index (χ1) is 28.0. The molecule has 5 aromatic carbocycles. The molecule has 0 aromatic heterocycles. The van der Waals surface area contributed by atoms with E-state index in [1.165, 1.54) is 79.2 Å². The van der Waals surface area contributed by atoms with Gasteiger partial charge in [0.1, 0.15) is 5.84 Å². The second-order valence-electron chi connectivity index (χ2n) is 18.0. The third kappa shape index (κ3) is 5.70. The third-order valence-corrected chi connectivity index (χ3v) is 14.6. The predicted octanol–water partition coefficient (Wildman–Crippen LogP) is 13.8. The highest BCUT2D eigenvalue weighted by atomic mass is 15.0. The van der Waals surface area contributed by atoms with Crippen LogP contribution in [-0.4, -0.2) is 5.84 Å². The zero-order valence-corrected chi connectivity index (χ0v) is 33.5. The minimum Gasteiger partial charge on any atom is -0.340 e. The summed E-state index contributed by atoms with van der Waals surface area (Å²) in [5.41, 5.74) is 21.5. The van der Waals surface area contributed by atoms with Gasteiger partial charge in [0.25, 0.3) is 0 Å². The van der Waals surface area contributed by atoms with Crippen LogP contribution >= 0.6 is 0 Å². The van der Waals surface area contributed by atoms with Crippen molar-refractivity contribution in [2.45, 2.75) is 94.9 Å². The fourth-order valence-corrected chi connectivity index (χ4v) is 11.7. The molecular formula is C55H52N2. The van der Waals surface area contributed by atoms with Gasteiger partial charge in [-0.2, -0.15) is 0 Å². The molecule has 1 saturated carbocycles. The Morgan fingerprint density at radius 1 is 0.632 bits per heavy atom. The van der Waals surface area contributed by atoms with Gasteiger partial charge in [-0.3, -0.25) is 4.99 Å². The molecule has 11 rings (SSSR count). The van der Waals surface area contributed by atoms with Crippen molar-refractivity contribution in [3.63, 3.8) is 0 Å². The number of amidine groups is 1. The van der Waals surface area contributed by atoms with E-state index in [1.807, 2.05) is 0 Å². The van der Waals surface area contributed by atoms with Gasteiger partial charge in [-0.15, -0.1) is 0 Å². The number of hydrogen-bond donors (Lipinski definition) is 1. The Bertz CT molecular complexity index is 2540. The monoisotopic (exact) mass is 740 g/mol. The first kappa shape index (κ1) is 34.8. The molecular weight excluding hydrogens is 689 g/mol. The topological polar surface area (TPSA) is 24.4 Å². The van der Waals surface area contributed by atoms with Gasteiger partial charge in [0.2, 0.25) is 0 Å². The summed E-state index contributed by atoms with van der Waals surface area (Å²) in [5.74, 6) is 1.65. The summed E-state index contributed by atoms with van der Waals surface area (Å²) in [6.45, 7) is 4.99. The molecule has 2 atom stereocenters. The zero-order chi connectivity index (χ0) is 38.1. The zero-order valence-electron chi connectivity index (χ0n) is 33.5. The van der Waals surface area contributed by atoms with Crippen molar-refractivity contribution in [3.05, 3.63) is 190 Å². The number of allylic oxidation sites excluding steroid dienone is 6. The van der Waals surface area contributed by atoms with Gasteiger partial charge >= 0.3 is 0 Å². The van der Waals surface area contributed by atoms with Crippen LogP contribution in [0.4, 0.5) is 0 Å². The number of benzene rings is 5. The normalized spacial score (nSPS) is 22.6. The molecule has 282 valence electrons. The summed E-state index contributed by atoms with van der Waals surface area (Å²) in [7, 11) is 0. The lowest BCUT2D eigenvalue weighted by molar-refractivity contribution is 0.227. The van der Waals surface area contributed by atoms with Crippen molar-refractivity contribution in [3.8, 4) is 11.1 Å². The van der Waals surface area contributed by atoms with Crippen LogP contribution in [0.25, 0.3) is 33.5 Å². The average Bonchev–Trinajstić information content (AvgIpc) is 3.66. The molecule has 1 fully saturated rings. The standard InChI is InChI=1S/C55H52N2/c1-54(2)48-32-42(28-29-44(48)45-33-46-43-18-10-11-19-47(43)55(30-12-5-13-31-55)50(46)34-49(45)54)38-22-26-40(27-23-38)52-35-51(56-53(57-52)41-16-8-4-9-17-41)39-24-20-37(21-25-39)36-14-6-3-7-15-36/h3-4,6-9,14-18,20-27,32-35,47,52H,5,10-13,19,28-31H2,1-2H3,(H,56,57). The van der Waals surface area contributed by atoms with Gasteiger partial charge in [0, 0.05) is 22.1 Å². The molecule has 6 aliphatic rings. The summed E-state index contributed by atoms with van der Waals surface area (Å²) in [4.78, 5) is 5.28. The molecule has 1 aliphatic heterocycles. The number of nitrogens with one attached hydrogen (secondary N) is 1. The van der Waals surface area contributed by atoms with E-state index in [9.17, 15) is 0 Å². The largest absolute Gasteiger partial charge is 0.340 e. The molecule has 0 saturated heterocycles. The maximum Gasteiger partial charge on any atom is 0.133 e. The lowest BCUT2D eigenvalue weighted by Gasteiger charge is -2.41. The van der Waals surface area contributed by atoms with Gasteiger partial charge in [0.15, 0.2) is 0 Å². The quantitative estimate of drug-likeness (QED) is 0.191. The lowest BCUT2D eigenvalue weighted by Crippen LogP contribution is -2.34. The number of fused-ring (bicyclic) bond motifs is 7. The van der Waals surface area contributed by atoms with E-state index >= 15 is 0 Å². The molecule has 0 amide bonds. The maximum absolute atomic E-state index is 5.28. The molecule has 2 nitrogen and oxygen atoms in total. The van der Waals surface area contributed by atoms with Crippen LogP contribution in [0, 0.1) is 5.92 Å². The summed E-state index contributed by atoms with van der Waals surface area (Å²) in [5, 5.41) is 3.68. The fraction of sp³-hybridized carbons (Fsp3) is 0.291. The van der Waals surface area contributed by atoms with E-state index in [0.717, 1.165) is 41.4 Å². The molecule has 5 aromatic rings. The lowest BCUT2D eigenvalue weighted by atomic mass is 9.62. The molecule has 2 unspecified atom stereocenters. The Morgan fingerprint density at radius 2 is 1.32 bits per heavy atom. The number of hydrogen-bond acceptors (Lipinski definition) is 2. The van der Waals surface area contributed by atoms with Crippen LogP contribution in [0.2, 0.25) is 0 Å². The second kappa shape index (κ2) is 13.6. The van der Waals surface area contributed by atoms with Crippen molar-refractivity contribution >= 4 is 28.3 Å². The molecule has 1 N–H and O–H groups in total. The minimum absolute atomic E-state index is 0.00144. The van der Waals surface area contributed by atoms with E-state index < -0.39 is 0 Å². The van der Waals surface area contributed by atoms with Gasteiger partial charge in [-0.05, 0) is 135 Å². The highest BCUT2D eigenvalue weighted by Crippen LogP contribution is 2.62. The van der Waals surface area contributed by atoms with Crippen LogP contribution in [-0.2, 0) is 10.8 Å². The molecule has 5 aliphatic carbocycles. The second-order valence-corrected chi connectivity index (χ2v) is 18.0. The van der Waals surface area contributed by atoms with Crippen LogP contribution in [0.1, 0.15) is 129 Å². The van der Waals surface area contributed by atoms with Crippen molar-refractivity contribution < 1.29 is 0 Å². The summed E-state index contributed by atoms with van der Waals surface area (Å²) < 4.78 is 0. The Kier molecular flexibility index (Phi) is 8.28. The maximum atomic E-state index is 5.28. The van der Waals surface area contributed by atoms with Crippen LogP contribution in [0.15, 0.2) is 150 Å². The highest BCUT2D eigenvalue weighted by molar-refractivity contribution is 6.05. The van der Waals surface area contributed by atoms with Crippen LogP contribution < -0.4 is 5.32 Å². The van der Waals surface area contributed by atoms with Crippen molar-refractivity contribution in [2.75, 3.05) is 0 Å².